The minimum absolute atomic E-state index is 0.00520. The molecule has 17 heavy (non-hydrogen) atoms. The second kappa shape index (κ2) is 4.62. The highest BCUT2D eigenvalue weighted by Crippen LogP contribution is 2.27. The lowest BCUT2D eigenvalue weighted by Crippen LogP contribution is -1.98. The summed E-state index contributed by atoms with van der Waals surface area (Å²) in [5.41, 5.74) is 0.0793. The average molecular weight is 258 g/mol. The minimum atomic E-state index is -2.47. The Hall–Kier alpha value is -1.76. The molecule has 2 heterocycles. The van der Waals surface area contributed by atoms with Crippen molar-refractivity contribution >= 4 is 17.3 Å². The number of thiophene rings is 1. The van der Waals surface area contributed by atoms with Crippen LogP contribution in [0, 0.1) is 0 Å². The van der Waals surface area contributed by atoms with Crippen molar-refractivity contribution in [3.63, 3.8) is 0 Å². The van der Waals surface area contributed by atoms with Crippen LogP contribution >= 0.6 is 11.3 Å². The summed E-state index contributed by atoms with van der Waals surface area (Å²) in [6, 6.07) is 2.96. The molecule has 0 fully saturated rings. The van der Waals surface area contributed by atoms with Gasteiger partial charge in [0.1, 0.15) is 0 Å². The molecule has 4 nitrogen and oxygen atoms in total. The third-order valence-electron chi connectivity index (χ3n) is 2.10. The van der Waals surface area contributed by atoms with Gasteiger partial charge in [-0.1, -0.05) is 0 Å². The van der Waals surface area contributed by atoms with Gasteiger partial charge in [0, 0.05) is 11.1 Å². The number of nitrogens with zero attached hydrogens (tertiary/aromatic N) is 2. The van der Waals surface area contributed by atoms with Crippen LogP contribution < -0.4 is 0 Å². The maximum Gasteiger partial charge on any atom is 0.338 e. The van der Waals surface area contributed by atoms with Crippen molar-refractivity contribution in [1.29, 1.82) is 0 Å². The van der Waals surface area contributed by atoms with E-state index >= 15 is 0 Å². The molecule has 7 heteroatoms. The van der Waals surface area contributed by atoms with Crippen LogP contribution in [0.15, 0.2) is 24.5 Å². The predicted octanol–water partition coefficient (Wildman–Crippen LogP) is 2.63. The zero-order valence-corrected chi connectivity index (χ0v) is 9.32. The van der Waals surface area contributed by atoms with Gasteiger partial charge in [0.2, 0.25) is 0 Å². The molecule has 0 bridgehead atoms. The van der Waals surface area contributed by atoms with E-state index in [0.29, 0.717) is 11.4 Å². The van der Waals surface area contributed by atoms with Crippen molar-refractivity contribution in [2.75, 3.05) is 0 Å². The molecule has 1 N–H and O–H groups in total. The van der Waals surface area contributed by atoms with Crippen LogP contribution in [0.5, 0.6) is 0 Å². The van der Waals surface area contributed by atoms with E-state index in [1.54, 1.807) is 6.07 Å². The quantitative estimate of drug-likeness (QED) is 0.917. The van der Waals surface area contributed by atoms with E-state index in [2.05, 4.69) is 5.10 Å². The minimum Gasteiger partial charge on any atom is -0.478 e. The molecule has 2 aromatic rings. The van der Waals surface area contributed by atoms with E-state index in [1.165, 1.54) is 23.1 Å². The Balaban J connectivity index is 2.11. The number of carbonyl (C=O) groups is 1. The first kappa shape index (κ1) is 11.7. The first-order valence-corrected chi connectivity index (χ1v) is 5.50. The Labute approximate surface area is 99.1 Å². The van der Waals surface area contributed by atoms with E-state index in [1.807, 2.05) is 0 Å². The Kier molecular flexibility index (Phi) is 3.19. The van der Waals surface area contributed by atoms with Crippen LogP contribution in [0.25, 0.3) is 0 Å². The molecule has 0 unspecified atom stereocenters. The third kappa shape index (κ3) is 2.68. The highest BCUT2D eigenvalue weighted by molar-refractivity contribution is 7.12. The number of hydrogen-bond acceptors (Lipinski definition) is 3. The summed E-state index contributed by atoms with van der Waals surface area (Å²) in [4.78, 5) is 11.3. The van der Waals surface area contributed by atoms with Gasteiger partial charge in [0.15, 0.2) is 0 Å². The number of alkyl halides is 2. The molecule has 0 aliphatic heterocycles. The molecule has 0 amide bonds. The number of aromatic carboxylic acids is 1. The van der Waals surface area contributed by atoms with Gasteiger partial charge in [-0.15, -0.1) is 11.3 Å². The van der Waals surface area contributed by atoms with Crippen LogP contribution in [-0.4, -0.2) is 20.9 Å². The maximum absolute atomic E-state index is 12.3. The molecule has 0 saturated carbocycles. The third-order valence-corrected chi connectivity index (χ3v) is 3.17. The smallest absolute Gasteiger partial charge is 0.338 e. The normalized spacial score (nSPS) is 11.0. The second-order valence-corrected chi connectivity index (χ2v) is 4.54. The standard InChI is InChI=1S/C10H8F2N2O2S/c11-9(12)8-2-1-7(17-8)5-14-4-6(3-13-14)10(15)16/h1-4,9H,5H2,(H,15,16). The summed E-state index contributed by atoms with van der Waals surface area (Å²) in [6.07, 6.45) is 0.120. The lowest BCUT2D eigenvalue weighted by molar-refractivity contribution is 0.0696. The van der Waals surface area contributed by atoms with Gasteiger partial charge in [0.05, 0.1) is 23.2 Å². The topological polar surface area (TPSA) is 55.1 Å². The van der Waals surface area contributed by atoms with E-state index in [9.17, 15) is 13.6 Å². The molecular formula is C10H8F2N2O2S. The lowest BCUT2D eigenvalue weighted by atomic mass is 10.4. The number of aromatic nitrogens is 2. The number of halogens is 2. The van der Waals surface area contributed by atoms with Crippen molar-refractivity contribution < 1.29 is 18.7 Å². The summed E-state index contributed by atoms with van der Waals surface area (Å²) < 4.78 is 26.1. The van der Waals surface area contributed by atoms with Crippen LogP contribution in [0.4, 0.5) is 8.78 Å². The van der Waals surface area contributed by atoms with Crippen molar-refractivity contribution in [3.05, 3.63) is 39.8 Å². The first-order chi connectivity index (χ1) is 8.06. The summed E-state index contributed by atoms with van der Waals surface area (Å²) in [5.74, 6) is -1.06. The van der Waals surface area contributed by atoms with Gasteiger partial charge >= 0.3 is 5.97 Å². The van der Waals surface area contributed by atoms with E-state index in [4.69, 9.17) is 5.11 Å². The lowest BCUT2D eigenvalue weighted by Gasteiger charge is -1.97. The second-order valence-electron chi connectivity index (χ2n) is 3.34. The summed E-state index contributed by atoms with van der Waals surface area (Å²) in [7, 11) is 0. The summed E-state index contributed by atoms with van der Waals surface area (Å²) >= 11 is 0.995. The van der Waals surface area contributed by atoms with Gasteiger partial charge in [-0.25, -0.2) is 13.6 Å². The van der Waals surface area contributed by atoms with Gasteiger partial charge in [0.25, 0.3) is 6.43 Å². The van der Waals surface area contributed by atoms with E-state index in [-0.39, 0.29) is 10.4 Å². The fourth-order valence-electron chi connectivity index (χ4n) is 1.32. The largest absolute Gasteiger partial charge is 0.478 e. The fraction of sp³-hybridized carbons (Fsp3) is 0.200. The molecule has 90 valence electrons. The van der Waals surface area contributed by atoms with Gasteiger partial charge in [-0.2, -0.15) is 5.10 Å². The number of hydrogen-bond donors (Lipinski definition) is 1. The van der Waals surface area contributed by atoms with E-state index < -0.39 is 12.4 Å². The SMILES string of the molecule is O=C(O)c1cnn(Cc2ccc(C(F)F)s2)c1. The molecule has 0 aliphatic rings. The molecule has 2 rings (SSSR count). The van der Waals surface area contributed by atoms with Crippen LogP contribution in [0.2, 0.25) is 0 Å². The van der Waals surface area contributed by atoms with Gasteiger partial charge < -0.3 is 5.11 Å². The Bertz CT molecular complexity index is 536. The van der Waals surface area contributed by atoms with E-state index in [0.717, 1.165) is 11.3 Å². The predicted molar refractivity (Wildman–Crippen MR) is 57.6 cm³/mol. The highest BCUT2D eigenvalue weighted by Gasteiger charge is 2.11. The summed E-state index contributed by atoms with van der Waals surface area (Å²) in [6.45, 7) is 0.296. The monoisotopic (exact) mass is 258 g/mol. The highest BCUT2D eigenvalue weighted by atomic mass is 32.1. The number of carboxylic acids is 1. The molecule has 2 aromatic heterocycles. The van der Waals surface area contributed by atoms with Crippen molar-refractivity contribution in [1.82, 2.24) is 9.78 Å². The molecule has 0 saturated heterocycles. The number of carboxylic acid groups (broad SMARTS) is 1. The Morgan fingerprint density at radius 3 is 2.82 bits per heavy atom. The molecule has 0 aliphatic carbocycles. The van der Waals surface area contributed by atoms with Crippen molar-refractivity contribution in [2.24, 2.45) is 0 Å². The molecule has 0 aromatic carbocycles. The van der Waals surface area contributed by atoms with Crippen LogP contribution in [0.3, 0.4) is 0 Å². The zero-order valence-electron chi connectivity index (χ0n) is 8.51. The van der Waals surface area contributed by atoms with Crippen molar-refractivity contribution in [3.8, 4) is 0 Å². The average Bonchev–Trinajstić information content (AvgIpc) is 2.87. The fourth-order valence-corrected chi connectivity index (χ4v) is 2.18. The van der Waals surface area contributed by atoms with Gasteiger partial charge in [-0.05, 0) is 12.1 Å². The molecular weight excluding hydrogens is 250 g/mol. The number of rotatable bonds is 4. The molecule has 0 spiro atoms. The molecule has 0 radical (unpaired) electrons. The zero-order chi connectivity index (χ0) is 12.4. The van der Waals surface area contributed by atoms with Crippen molar-refractivity contribution in [2.45, 2.75) is 13.0 Å². The molecule has 0 atom stereocenters. The first-order valence-electron chi connectivity index (χ1n) is 4.69. The maximum atomic E-state index is 12.3. The van der Waals surface area contributed by atoms with Gasteiger partial charge in [-0.3, -0.25) is 4.68 Å². The summed E-state index contributed by atoms with van der Waals surface area (Å²) in [5, 5.41) is 12.5. The Morgan fingerprint density at radius 2 is 2.29 bits per heavy atom. The Morgan fingerprint density at radius 1 is 1.53 bits per heavy atom. The van der Waals surface area contributed by atoms with Crippen LogP contribution in [-0.2, 0) is 6.54 Å². The van der Waals surface area contributed by atoms with Crippen LogP contribution in [0.1, 0.15) is 26.5 Å².